The highest BCUT2D eigenvalue weighted by Crippen LogP contribution is 2.48. The van der Waals surface area contributed by atoms with Crippen molar-refractivity contribution in [3.05, 3.63) is 21.7 Å². The molecule has 0 aromatic heterocycles. The summed E-state index contributed by atoms with van der Waals surface area (Å²) >= 11 is 5.49. The van der Waals surface area contributed by atoms with E-state index in [-0.39, 0.29) is 6.04 Å². The zero-order valence-electron chi connectivity index (χ0n) is 9.53. The smallest absolute Gasteiger partial charge is 0.166 e. The number of rotatable bonds is 0. The molecule has 92 valence electrons. The largest absolute Gasteiger partial charge is 0.486 e. The van der Waals surface area contributed by atoms with E-state index in [0.717, 1.165) is 27.3 Å². The zero-order valence-corrected chi connectivity index (χ0v) is 11.9. The van der Waals surface area contributed by atoms with Crippen molar-refractivity contribution in [2.45, 2.75) is 24.0 Å². The van der Waals surface area contributed by atoms with Crippen LogP contribution in [0, 0.1) is 0 Å². The lowest BCUT2D eigenvalue weighted by atomic mass is 9.97. The Kier molecular flexibility index (Phi) is 3.00. The summed E-state index contributed by atoms with van der Waals surface area (Å²) < 4.78 is 12.5. The number of hydrogen-bond acceptors (Lipinski definition) is 4. The first kappa shape index (κ1) is 11.7. The van der Waals surface area contributed by atoms with E-state index in [1.165, 1.54) is 5.56 Å². The highest BCUT2D eigenvalue weighted by atomic mass is 79.9. The second-order valence-electron chi connectivity index (χ2n) is 4.32. The SMILES string of the molecule is CC1SCc2c(Br)cc3c(c2C1N)OCCO3. The zero-order chi connectivity index (χ0) is 12.0. The molecule has 2 aliphatic heterocycles. The standard InChI is InChI=1S/C12H14BrNO2S/c1-6-11(14)10-7(5-17-6)8(13)4-9-12(10)16-3-2-15-9/h4,6,11H,2-3,5,14H2,1H3. The molecule has 0 fully saturated rings. The van der Waals surface area contributed by atoms with E-state index in [4.69, 9.17) is 15.2 Å². The van der Waals surface area contributed by atoms with Crippen molar-refractivity contribution in [3.8, 4) is 11.5 Å². The monoisotopic (exact) mass is 315 g/mol. The van der Waals surface area contributed by atoms with Gasteiger partial charge in [0.15, 0.2) is 11.5 Å². The molecule has 2 unspecified atom stereocenters. The van der Waals surface area contributed by atoms with Crippen molar-refractivity contribution in [2.75, 3.05) is 13.2 Å². The Hall–Kier alpha value is -0.390. The molecule has 0 radical (unpaired) electrons. The topological polar surface area (TPSA) is 44.5 Å². The summed E-state index contributed by atoms with van der Waals surface area (Å²) in [7, 11) is 0. The van der Waals surface area contributed by atoms with E-state index < -0.39 is 0 Å². The molecular formula is C12H14BrNO2S. The average Bonchev–Trinajstić information content (AvgIpc) is 2.33. The van der Waals surface area contributed by atoms with Gasteiger partial charge in [-0.3, -0.25) is 0 Å². The van der Waals surface area contributed by atoms with Crippen LogP contribution in [-0.2, 0) is 5.75 Å². The Labute approximate surface area is 113 Å². The quantitative estimate of drug-likeness (QED) is 0.799. The first-order chi connectivity index (χ1) is 8.18. The van der Waals surface area contributed by atoms with E-state index in [1.807, 2.05) is 17.8 Å². The van der Waals surface area contributed by atoms with Crippen molar-refractivity contribution >= 4 is 27.7 Å². The fraction of sp³-hybridized carbons (Fsp3) is 0.500. The predicted octanol–water partition coefficient (Wildman–Crippen LogP) is 2.86. The molecule has 2 heterocycles. The van der Waals surface area contributed by atoms with Crippen molar-refractivity contribution in [2.24, 2.45) is 5.73 Å². The molecule has 2 N–H and O–H groups in total. The molecule has 3 rings (SSSR count). The van der Waals surface area contributed by atoms with Crippen LogP contribution in [0.4, 0.5) is 0 Å². The van der Waals surface area contributed by atoms with Crippen LogP contribution >= 0.6 is 27.7 Å². The van der Waals surface area contributed by atoms with Crippen LogP contribution in [0.2, 0.25) is 0 Å². The number of nitrogens with two attached hydrogens (primary N) is 1. The molecule has 1 aromatic carbocycles. The maximum absolute atomic E-state index is 6.31. The number of hydrogen-bond donors (Lipinski definition) is 1. The molecule has 0 spiro atoms. The Morgan fingerprint density at radius 1 is 1.41 bits per heavy atom. The molecule has 5 heteroatoms. The van der Waals surface area contributed by atoms with Gasteiger partial charge in [0.05, 0.1) is 0 Å². The molecule has 17 heavy (non-hydrogen) atoms. The molecule has 0 saturated carbocycles. The summed E-state index contributed by atoms with van der Waals surface area (Å²) in [4.78, 5) is 0. The number of thioether (sulfide) groups is 1. The predicted molar refractivity (Wildman–Crippen MR) is 72.8 cm³/mol. The van der Waals surface area contributed by atoms with Gasteiger partial charge < -0.3 is 15.2 Å². The summed E-state index contributed by atoms with van der Waals surface area (Å²) in [6.07, 6.45) is 0. The molecule has 1 aromatic rings. The van der Waals surface area contributed by atoms with Gasteiger partial charge in [-0.25, -0.2) is 0 Å². The van der Waals surface area contributed by atoms with Crippen LogP contribution in [-0.4, -0.2) is 18.5 Å². The lowest BCUT2D eigenvalue weighted by molar-refractivity contribution is 0.168. The van der Waals surface area contributed by atoms with Crippen LogP contribution in [0.25, 0.3) is 0 Å². The molecule has 2 aliphatic rings. The summed E-state index contributed by atoms with van der Waals surface area (Å²) in [5, 5.41) is 0.409. The maximum Gasteiger partial charge on any atom is 0.166 e. The van der Waals surface area contributed by atoms with Crippen LogP contribution in [0.1, 0.15) is 24.1 Å². The van der Waals surface area contributed by atoms with E-state index in [1.54, 1.807) is 0 Å². The van der Waals surface area contributed by atoms with Gasteiger partial charge >= 0.3 is 0 Å². The summed E-state index contributed by atoms with van der Waals surface area (Å²) in [5.41, 5.74) is 8.69. The maximum atomic E-state index is 6.31. The Bertz CT molecular complexity index is 466. The van der Waals surface area contributed by atoms with Gasteiger partial charge in [0.2, 0.25) is 0 Å². The third-order valence-corrected chi connectivity index (χ3v) is 5.24. The second-order valence-corrected chi connectivity index (χ2v) is 6.54. The number of halogens is 1. The van der Waals surface area contributed by atoms with Crippen molar-refractivity contribution in [1.82, 2.24) is 0 Å². The molecule has 2 atom stereocenters. The van der Waals surface area contributed by atoms with E-state index in [0.29, 0.717) is 18.5 Å². The van der Waals surface area contributed by atoms with Crippen LogP contribution < -0.4 is 15.2 Å². The number of benzene rings is 1. The van der Waals surface area contributed by atoms with Gasteiger partial charge in [-0.2, -0.15) is 11.8 Å². The van der Waals surface area contributed by atoms with Gasteiger partial charge in [0, 0.05) is 27.1 Å². The molecule has 0 amide bonds. The van der Waals surface area contributed by atoms with E-state index in [9.17, 15) is 0 Å². The first-order valence-corrected chi connectivity index (χ1v) is 7.50. The van der Waals surface area contributed by atoms with Crippen molar-refractivity contribution in [3.63, 3.8) is 0 Å². The van der Waals surface area contributed by atoms with E-state index >= 15 is 0 Å². The second kappa shape index (κ2) is 4.37. The number of ether oxygens (including phenoxy) is 2. The molecule has 0 saturated heterocycles. The lowest BCUT2D eigenvalue weighted by Gasteiger charge is -2.33. The highest BCUT2D eigenvalue weighted by molar-refractivity contribution is 9.10. The normalized spacial score (nSPS) is 26.5. The minimum absolute atomic E-state index is 0.0108. The van der Waals surface area contributed by atoms with E-state index in [2.05, 4.69) is 22.9 Å². The van der Waals surface area contributed by atoms with Crippen LogP contribution in [0.15, 0.2) is 10.5 Å². The Morgan fingerprint density at radius 3 is 3.00 bits per heavy atom. The molecule has 3 nitrogen and oxygen atoms in total. The fourth-order valence-electron chi connectivity index (χ4n) is 2.27. The molecular weight excluding hydrogens is 302 g/mol. The van der Waals surface area contributed by atoms with Crippen LogP contribution in [0.3, 0.4) is 0 Å². The van der Waals surface area contributed by atoms with Crippen molar-refractivity contribution < 1.29 is 9.47 Å². The fourth-order valence-corrected chi connectivity index (χ4v) is 4.10. The summed E-state index contributed by atoms with van der Waals surface area (Å²) in [6, 6.07) is 2.01. The van der Waals surface area contributed by atoms with Gasteiger partial charge in [-0.1, -0.05) is 22.9 Å². The Morgan fingerprint density at radius 2 is 2.18 bits per heavy atom. The van der Waals surface area contributed by atoms with Gasteiger partial charge in [-0.05, 0) is 11.6 Å². The van der Waals surface area contributed by atoms with Gasteiger partial charge in [0.1, 0.15) is 13.2 Å². The summed E-state index contributed by atoms with van der Waals surface area (Å²) in [6.45, 7) is 3.38. The molecule has 0 aliphatic carbocycles. The summed E-state index contributed by atoms with van der Waals surface area (Å²) in [5.74, 6) is 2.65. The average molecular weight is 316 g/mol. The third-order valence-electron chi connectivity index (χ3n) is 3.26. The third kappa shape index (κ3) is 1.84. The molecule has 0 bridgehead atoms. The Balaban J connectivity index is 2.20. The first-order valence-electron chi connectivity index (χ1n) is 5.66. The highest BCUT2D eigenvalue weighted by Gasteiger charge is 2.32. The van der Waals surface area contributed by atoms with Crippen LogP contribution in [0.5, 0.6) is 11.5 Å². The van der Waals surface area contributed by atoms with Gasteiger partial charge in [0.25, 0.3) is 0 Å². The minimum atomic E-state index is 0.0108. The van der Waals surface area contributed by atoms with Gasteiger partial charge in [-0.15, -0.1) is 0 Å². The number of fused-ring (bicyclic) bond motifs is 3. The minimum Gasteiger partial charge on any atom is -0.486 e. The lowest BCUT2D eigenvalue weighted by Crippen LogP contribution is -2.28. The van der Waals surface area contributed by atoms with Crippen molar-refractivity contribution in [1.29, 1.82) is 0 Å².